The van der Waals surface area contributed by atoms with Crippen LogP contribution in [-0.2, 0) is 4.79 Å². The first-order valence-electron chi connectivity index (χ1n) is 7.84. The number of nitrogens with zero attached hydrogens (tertiary/aromatic N) is 2. The maximum atomic E-state index is 12.0. The fraction of sp³-hybridized carbons (Fsp3) is 0.353. The monoisotopic (exact) mass is 346 g/mol. The molecule has 2 rings (SSSR count). The Balaban J connectivity index is 1.91. The third-order valence-corrected chi connectivity index (χ3v) is 4.32. The zero-order valence-electron chi connectivity index (χ0n) is 14.1. The molecule has 6 nitrogen and oxygen atoms in total. The van der Waals surface area contributed by atoms with E-state index in [1.807, 2.05) is 24.3 Å². The molecule has 0 fully saturated rings. The van der Waals surface area contributed by atoms with Crippen LogP contribution < -0.4 is 15.8 Å². The highest BCUT2D eigenvalue weighted by Crippen LogP contribution is 2.20. The Bertz CT molecular complexity index is 728. The molecule has 1 heterocycles. The summed E-state index contributed by atoms with van der Waals surface area (Å²) in [5.41, 5.74) is 1.65. The first kappa shape index (κ1) is 18.1. The van der Waals surface area contributed by atoms with E-state index in [-0.39, 0.29) is 17.2 Å². The van der Waals surface area contributed by atoms with Crippen LogP contribution in [-0.4, -0.2) is 34.2 Å². The van der Waals surface area contributed by atoms with Gasteiger partial charge in [-0.3, -0.25) is 9.59 Å². The minimum absolute atomic E-state index is 0.143. The van der Waals surface area contributed by atoms with Crippen molar-refractivity contribution in [2.75, 3.05) is 22.5 Å². The van der Waals surface area contributed by atoms with Gasteiger partial charge < -0.3 is 15.2 Å². The number of anilines is 2. The molecular weight excluding hydrogens is 324 g/mol. The van der Waals surface area contributed by atoms with Crippen molar-refractivity contribution in [3.63, 3.8) is 0 Å². The molecule has 0 radical (unpaired) electrons. The number of H-pyrrole nitrogens is 1. The maximum Gasteiger partial charge on any atom is 0.251 e. The van der Waals surface area contributed by atoms with Gasteiger partial charge in [0.1, 0.15) is 0 Å². The lowest BCUT2D eigenvalue weighted by Gasteiger charge is -2.27. The molecule has 1 aromatic heterocycles. The van der Waals surface area contributed by atoms with Gasteiger partial charge >= 0.3 is 0 Å². The molecule has 0 aliphatic rings. The van der Waals surface area contributed by atoms with Gasteiger partial charge in [0.15, 0.2) is 5.16 Å². The molecule has 1 aromatic carbocycles. The van der Waals surface area contributed by atoms with E-state index in [0.29, 0.717) is 11.2 Å². The van der Waals surface area contributed by atoms with Gasteiger partial charge in [-0.1, -0.05) is 11.8 Å². The molecule has 0 spiro atoms. The SMILES string of the molecule is CCN(c1ccc(NC(=O)CSc2nccc(=O)[nH]2)cc1)C(C)C. The van der Waals surface area contributed by atoms with Crippen molar-refractivity contribution < 1.29 is 4.79 Å². The van der Waals surface area contributed by atoms with E-state index in [9.17, 15) is 9.59 Å². The van der Waals surface area contributed by atoms with Crippen LogP contribution in [0.2, 0.25) is 0 Å². The van der Waals surface area contributed by atoms with Crippen LogP contribution in [0.5, 0.6) is 0 Å². The first-order chi connectivity index (χ1) is 11.5. The van der Waals surface area contributed by atoms with E-state index in [1.165, 1.54) is 24.0 Å². The molecule has 0 aliphatic heterocycles. The third kappa shape index (κ3) is 5.13. The molecule has 0 atom stereocenters. The standard InChI is InChI=1S/C17H22N4O2S/c1-4-21(12(2)3)14-7-5-13(6-8-14)19-16(23)11-24-17-18-10-9-15(22)20-17/h5-10,12H,4,11H2,1-3H3,(H,19,23)(H,18,20,22). The van der Waals surface area contributed by atoms with Crippen molar-refractivity contribution in [3.8, 4) is 0 Å². The molecule has 2 aromatic rings. The number of hydrogen-bond donors (Lipinski definition) is 2. The Hall–Kier alpha value is -2.28. The Kier molecular flexibility index (Phi) is 6.43. The summed E-state index contributed by atoms with van der Waals surface area (Å²) in [5, 5.41) is 3.28. The fourth-order valence-electron chi connectivity index (χ4n) is 2.34. The maximum absolute atomic E-state index is 12.0. The summed E-state index contributed by atoms with van der Waals surface area (Å²) in [7, 11) is 0. The van der Waals surface area contributed by atoms with Gasteiger partial charge in [-0.25, -0.2) is 4.98 Å². The number of benzene rings is 1. The van der Waals surface area contributed by atoms with E-state index in [1.54, 1.807) is 0 Å². The van der Waals surface area contributed by atoms with Gasteiger partial charge in [0, 0.05) is 36.2 Å². The van der Waals surface area contributed by atoms with Crippen molar-refractivity contribution >= 4 is 29.0 Å². The molecule has 0 bridgehead atoms. The smallest absolute Gasteiger partial charge is 0.251 e. The summed E-state index contributed by atoms with van der Waals surface area (Å²) in [6.07, 6.45) is 1.42. The zero-order valence-corrected chi connectivity index (χ0v) is 14.9. The summed E-state index contributed by atoms with van der Waals surface area (Å²) >= 11 is 1.19. The van der Waals surface area contributed by atoms with E-state index < -0.39 is 0 Å². The van der Waals surface area contributed by atoms with Crippen molar-refractivity contribution in [3.05, 3.63) is 46.9 Å². The quantitative estimate of drug-likeness (QED) is 0.595. The van der Waals surface area contributed by atoms with Gasteiger partial charge in [-0.2, -0.15) is 0 Å². The van der Waals surface area contributed by atoms with Crippen molar-refractivity contribution in [2.45, 2.75) is 32.0 Å². The average Bonchev–Trinajstić information content (AvgIpc) is 2.55. The highest BCUT2D eigenvalue weighted by molar-refractivity contribution is 7.99. The molecular formula is C17H22N4O2S. The number of aromatic nitrogens is 2. The second kappa shape index (κ2) is 8.54. The van der Waals surface area contributed by atoms with E-state index >= 15 is 0 Å². The van der Waals surface area contributed by atoms with Gasteiger partial charge in [-0.05, 0) is 45.0 Å². The summed E-state index contributed by atoms with van der Waals surface area (Å²) in [6.45, 7) is 7.36. The van der Waals surface area contributed by atoms with Gasteiger partial charge in [-0.15, -0.1) is 0 Å². The second-order valence-electron chi connectivity index (χ2n) is 5.50. The average molecular weight is 346 g/mol. The number of carbonyl (C=O) groups excluding carboxylic acids is 1. The number of carbonyl (C=O) groups is 1. The van der Waals surface area contributed by atoms with Crippen LogP contribution in [0.1, 0.15) is 20.8 Å². The Morgan fingerprint density at radius 2 is 2.00 bits per heavy atom. The number of nitrogens with one attached hydrogen (secondary N) is 2. The van der Waals surface area contributed by atoms with Crippen molar-refractivity contribution in [1.82, 2.24) is 9.97 Å². The lowest BCUT2D eigenvalue weighted by molar-refractivity contribution is -0.113. The predicted molar refractivity (Wildman–Crippen MR) is 98.8 cm³/mol. The van der Waals surface area contributed by atoms with Crippen LogP contribution in [0.25, 0.3) is 0 Å². The molecule has 0 saturated carbocycles. The van der Waals surface area contributed by atoms with Crippen LogP contribution in [0.15, 0.2) is 46.5 Å². The second-order valence-corrected chi connectivity index (χ2v) is 6.47. The van der Waals surface area contributed by atoms with Crippen LogP contribution in [0.3, 0.4) is 0 Å². The Morgan fingerprint density at radius 1 is 1.29 bits per heavy atom. The lowest BCUT2D eigenvalue weighted by atomic mass is 10.2. The molecule has 2 N–H and O–H groups in total. The third-order valence-electron chi connectivity index (χ3n) is 3.43. The Morgan fingerprint density at radius 3 is 2.58 bits per heavy atom. The number of rotatable bonds is 7. The minimum atomic E-state index is -0.228. The summed E-state index contributed by atoms with van der Waals surface area (Å²) < 4.78 is 0. The largest absolute Gasteiger partial charge is 0.369 e. The highest BCUT2D eigenvalue weighted by Gasteiger charge is 2.09. The van der Waals surface area contributed by atoms with E-state index in [2.05, 4.69) is 41.0 Å². The normalized spacial score (nSPS) is 10.7. The predicted octanol–water partition coefficient (Wildman–Crippen LogP) is 2.74. The number of hydrogen-bond acceptors (Lipinski definition) is 5. The van der Waals surface area contributed by atoms with Crippen molar-refractivity contribution in [2.24, 2.45) is 0 Å². The van der Waals surface area contributed by atoms with E-state index in [4.69, 9.17) is 0 Å². The van der Waals surface area contributed by atoms with Gasteiger partial charge in [0.25, 0.3) is 5.56 Å². The molecule has 0 saturated heterocycles. The molecule has 24 heavy (non-hydrogen) atoms. The fourth-order valence-corrected chi connectivity index (χ4v) is 2.99. The topological polar surface area (TPSA) is 78.1 Å². The van der Waals surface area contributed by atoms with Gasteiger partial charge in [0.05, 0.1) is 5.75 Å². The minimum Gasteiger partial charge on any atom is -0.369 e. The van der Waals surface area contributed by atoms with Gasteiger partial charge in [0.2, 0.25) is 5.91 Å². The van der Waals surface area contributed by atoms with Crippen LogP contribution in [0, 0.1) is 0 Å². The van der Waals surface area contributed by atoms with Crippen LogP contribution in [0.4, 0.5) is 11.4 Å². The molecule has 0 aliphatic carbocycles. The van der Waals surface area contributed by atoms with Crippen molar-refractivity contribution in [1.29, 1.82) is 0 Å². The summed E-state index contributed by atoms with van der Waals surface area (Å²) in [6, 6.07) is 9.55. The number of aromatic amines is 1. The molecule has 128 valence electrons. The summed E-state index contributed by atoms with van der Waals surface area (Å²) in [5.74, 6) is 0.0392. The molecule has 0 unspecified atom stereocenters. The van der Waals surface area contributed by atoms with E-state index in [0.717, 1.165) is 17.9 Å². The summed E-state index contributed by atoms with van der Waals surface area (Å²) in [4.78, 5) is 32.0. The Labute approximate surface area is 145 Å². The lowest BCUT2D eigenvalue weighted by Crippen LogP contribution is -2.30. The number of amides is 1. The molecule has 7 heteroatoms. The van der Waals surface area contributed by atoms with Crippen LogP contribution >= 0.6 is 11.8 Å². The first-order valence-corrected chi connectivity index (χ1v) is 8.83. The zero-order chi connectivity index (χ0) is 17.5. The molecule has 1 amide bonds. The highest BCUT2D eigenvalue weighted by atomic mass is 32.2. The number of thioether (sulfide) groups is 1.